The Labute approximate surface area is 124 Å². The molecule has 0 amide bonds. The van der Waals surface area contributed by atoms with Crippen molar-refractivity contribution in [1.82, 2.24) is 9.88 Å². The molecule has 0 bridgehead atoms. The van der Waals surface area contributed by atoms with Gasteiger partial charge in [0, 0.05) is 38.4 Å². The molecule has 2 fully saturated rings. The molecule has 0 saturated carbocycles. The number of aromatic nitrogens is 1. The number of hydrogen-bond acceptors (Lipinski definition) is 5. The number of rotatable bonds is 4. The fraction of sp³-hybridized carbons (Fsp3) is 0.667. The van der Waals surface area contributed by atoms with Gasteiger partial charge in [0.15, 0.2) is 0 Å². The normalized spacial score (nSPS) is 22.9. The first-order valence-electron chi connectivity index (χ1n) is 7.55. The maximum Gasteiger partial charge on any atom is 0.141 e. The average molecular weight is 295 g/mol. The number of pyridine rings is 1. The number of hydrogen-bond donors (Lipinski definition) is 1. The number of halogens is 1. The van der Waals surface area contributed by atoms with Crippen LogP contribution in [-0.2, 0) is 9.47 Å². The Balaban J connectivity index is 1.68. The second-order valence-corrected chi connectivity index (χ2v) is 5.65. The molecule has 0 radical (unpaired) electrons. The molecule has 2 aliphatic heterocycles. The van der Waals surface area contributed by atoms with Crippen LogP contribution in [-0.4, -0.2) is 61.5 Å². The van der Waals surface area contributed by atoms with Gasteiger partial charge in [0.2, 0.25) is 0 Å². The lowest BCUT2D eigenvalue weighted by atomic mass is 9.87. The van der Waals surface area contributed by atoms with Crippen LogP contribution in [0.4, 0.5) is 10.2 Å². The lowest BCUT2D eigenvalue weighted by Gasteiger charge is -2.48. The van der Waals surface area contributed by atoms with Crippen LogP contribution in [0, 0.1) is 5.82 Å². The third-order valence-corrected chi connectivity index (χ3v) is 4.43. The van der Waals surface area contributed by atoms with Crippen molar-refractivity contribution < 1.29 is 13.9 Å². The van der Waals surface area contributed by atoms with E-state index in [-0.39, 0.29) is 11.4 Å². The van der Waals surface area contributed by atoms with Crippen LogP contribution in [0.2, 0.25) is 0 Å². The third-order valence-electron chi connectivity index (χ3n) is 4.43. The van der Waals surface area contributed by atoms with Gasteiger partial charge in [0.05, 0.1) is 19.4 Å². The predicted octanol–water partition coefficient (Wildman–Crippen LogP) is 1.51. The van der Waals surface area contributed by atoms with Gasteiger partial charge in [-0.15, -0.1) is 0 Å². The summed E-state index contributed by atoms with van der Waals surface area (Å²) in [6.45, 7) is 5.87. The molecular formula is C15H22FN3O2. The number of nitrogens with one attached hydrogen (secondary N) is 1. The third kappa shape index (κ3) is 3.51. The minimum absolute atomic E-state index is 0.0814. The molecule has 0 aliphatic carbocycles. The van der Waals surface area contributed by atoms with Gasteiger partial charge in [0.25, 0.3) is 0 Å². The Morgan fingerprint density at radius 3 is 2.52 bits per heavy atom. The lowest BCUT2D eigenvalue weighted by molar-refractivity contribution is -0.0653. The average Bonchev–Trinajstić information content (AvgIpc) is 2.56. The van der Waals surface area contributed by atoms with Crippen LogP contribution < -0.4 is 5.32 Å². The summed E-state index contributed by atoms with van der Waals surface area (Å²) in [5.41, 5.74) is 0.0814. The Hall–Kier alpha value is -1.24. The Kier molecular flexibility index (Phi) is 4.67. The second kappa shape index (κ2) is 6.68. The summed E-state index contributed by atoms with van der Waals surface area (Å²) in [7, 11) is 0. The van der Waals surface area contributed by atoms with Crippen molar-refractivity contribution in [2.24, 2.45) is 0 Å². The molecule has 3 heterocycles. The number of anilines is 1. The summed E-state index contributed by atoms with van der Waals surface area (Å²) in [6.07, 6.45) is 3.25. The van der Waals surface area contributed by atoms with Crippen molar-refractivity contribution in [2.75, 3.05) is 51.4 Å². The smallest absolute Gasteiger partial charge is 0.141 e. The van der Waals surface area contributed by atoms with E-state index in [1.807, 2.05) is 0 Å². The predicted molar refractivity (Wildman–Crippen MR) is 77.9 cm³/mol. The first-order valence-corrected chi connectivity index (χ1v) is 7.55. The van der Waals surface area contributed by atoms with E-state index in [1.54, 1.807) is 6.07 Å². The second-order valence-electron chi connectivity index (χ2n) is 5.65. The number of nitrogens with zero attached hydrogens (tertiary/aromatic N) is 2. The van der Waals surface area contributed by atoms with Gasteiger partial charge in [-0.2, -0.15) is 0 Å². The topological polar surface area (TPSA) is 46.6 Å². The van der Waals surface area contributed by atoms with E-state index in [9.17, 15) is 4.39 Å². The first kappa shape index (κ1) is 14.7. The molecule has 1 aromatic rings. The summed E-state index contributed by atoms with van der Waals surface area (Å²) in [5.74, 6) is 0.407. The van der Waals surface area contributed by atoms with E-state index in [0.717, 1.165) is 64.7 Å². The molecule has 116 valence electrons. The standard InChI is InChI=1S/C15H22FN3O2/c16-13-1-2-14(17-11-13)18-12-15(3-7-20-8-4-15)19-5-9-21-10-6-19/h1-2,11H,3-10,12H2,(H,17,18). The quantitative estimate of drug-likeness (QED) is 0.912. The van der Waals surface area contributed by atoms with Gasteiger partial charge in [0.1, 0.15) is 11.6 Å². The molecule has 1 aromatic heterocycles. The molecule has 21 heavy (non-hydrogen) atoms. The van der Waals surface area contributed by atoms with Crippen LogP contribution in [0.3, 0.4) is 0 Å². The maximum absolute atomic E-state index is 12.9. The van der Waals surface area contributed by atoms with Gasteiger partial charge in [-0.3, -0.25) is 4.90 Å². The van der Waals surface area contributed by atoms with Crippen LogP contribution >= 0.6 is 0 Å². The van der Waals surface area contributed by atoms with Crippen molar-refractivity contribution in [3.8, 4) is 0 Å². The summed E-state index contributed by atoms with van der Waals surface area (Å²) in [5, 5.41) is 3.36. The highest BCUT2D eigenvalue weighted by atomic mass is 19.1. The molecule has 0 aromatic carbocycles. The van der Waals surface area contributed by atoms with Gasteiger partial charge < -0.3 is 14.8 Å². The SMILES string of the molecule is Fc1ccc(NCC2(N3CCOCC3)CCOCC2)nc1. The van der Waals surface area contributed by atoms with Gasteiger partial charge in [-0.05, 0) is 25.0 Å². The van der Waals surface area contributed by atoms with E-state index in [2.05, 4.69) is 15.2 Å². The highest BCUT2D eigenvalue weighted by Gasteiger charge is 2.39. The number of morpholine rings is 1. The fourth-order valence-corrected chi connectivity index (χ4v) is 3.13. The number of ether oxygens (including phenoxy) is 2. The Morgan fingerprint density at radius 2 is 1.86 bits per heavy atom. The van der Waals surface area contributed by atoms with E-state index >= 15 is 0 Å². The van der Waals surface area contributed by atoms with Crippen LogP contribution in [0.25, 0.3) is 0 Å². The molecule has 3 rings (SSSR count). The molecule has 2 aliphatic rings. The van der Waals surface area contributed by atoms with Gasteiger partial charge >= 0.3 is 0 Å². The molecule has 0 atom stereocenters. The van der Waals surface area contributed by atoms with Gasteiger partial charge in [-0.25, -0.2) is 9.37 Å². The molecule has 6 heteroatoms. The largest absolute Gasteiger partial charge is 0.381 e. The summed E-state index contributed by atoms with van der Waals surface area (Å²) < 4.78 is 23.9. The molecule has 0 spiro atoms. The van der Waals surface area contributed by atoms with E-state index in [0.29, 0.717) is 0 Å². The van der Waals surface area contributed by atoms with Gasteiger partial charge in [-0.1, -0.05) is 0 Å². The van der Waals surface area contributed by atoms with Crippen molar-refractivity contribution in [3.63, 3.8) is 0 Å². The highest BCUT2D eigenvalue weighted by Crippen LogP contribution is 2.29. The van der Waals surface area contributed by atoms with Crippen LogP contribution in [0.5, 0.6) is 0 Å². The zero-order valence-electron chi connectivity index (χ0n) is 12.2. The summed E-state index contributed by atoms with van der Waals surface area (Å²) >= 11 is 0. The van der Waals surface area contributed by atoms with Crippen LogP contribution in [0.15, 0.2) is 18.3 Å². The molecule has 2 saturated heterocycles. The minimum Gasteiger partial charge on any atom is -0.381 e. The first-order chi connectivity index (χ1) is 10.3. The minimum atomic E-state index is -0.311. The monoisotopic (exact) mass is 295 g/mol. The molecular weight excluding hydrogens is 273 g/mol. The summed E-state index contributed by atoms with van der Waals surface area (Å²) in [6, 6.07) is 3.11. The van der Waals surface area contributed by atoms with E-state index in [1.165, 1.54) is 12.3 Å². The molecule has 5 nitrogen and oxygen atoms in total. The lowest BCUT2D eigenvalue weighted by Crippen LogP contribution is -2.59. The van der Waals surface area contributed by atoms with Crippen molar-refractivity contribution in [3.05, 3.63) is 24.1 Å². The zero-order valence-corrected chi connectivity index (χ0v) is 12.2. The molecule has 0 unspecified atom stereocenters. The van der Waals surface area contributed by atoms with Crippen molar-refractivity contribution in [2.45, 2.75) is 18.4 Å². The van der Waals surface area contributed by atoms with E-state index in [4.69, 9.17) is 9.47 Å². The molecule has 1 N–H and O–H groups in total. The van der Waals surface area contributed by atoms with Crippen LogP contribution in [0.1, 0.15) is 12.8 Å². The maximum atomic E-state index is 12.9. The zero-order chi connectivity index (χ0) is 14.5. The Morgan fingerprint density at radius 1 is 1.14 bits per heavy atom. The summed E-state index contributed by atoms with van der Waals surface area (Å²) in [4.78, 5) is 6.59. The van der Waals surface area contributed by atoms with Crippen molar-refractivity contribution >= 4 is 5.82 Å². The Bertz CT molecular complexity index is 443. The van der Waals surface area contributed by atoms with E-state index < -0.39 is 0 Å². The highest BCUT2D eigenvalue weighted by molar-refractivity contribution is 5.34. The van der Waals surface area contributed by atoms with Crippen molar-refractivity contribution in [1.29, 1.82) is 0 Å². The fourth-order valence-electron chi connectivity index (χ4n) is 3.13.